The molecule has 0 aromatic carbocycles. The number of aromatic nitrogens is 4. The minimum absolute atomic E-state index is 0.0370. The molecule has 0 radical (unpaired) electrons. The Morgan fingerprint density at radius 1 is 1.75 bits per heavy atom. The molecule has 4 N–H and O–H groups in total. The lowest BCUT2D eigenvalue weighted by molar-refractivity contribution is -0.726. The summed E-state index contributed by atoms with van der Waals surface area (Å²) in [7, 11) is 0. The van der Waals surface area contributed by atoms with Crippen molar-refractivity contribution in [3.8, 4) is 0 Å². The van der Waals surface area contributed by atoms with Crippen LogP contribution in [0, 0.1) is 5.21 Å². The fourth-order valence-corrected chi connectivity index (χ4v) is 0.282. The first-order valence-electron chi connectivity index (χ1n) is 1.78. The molecule has 1 rings (SSSR count). The molecule has 8 heavy (non-hydrogen) atoms. The van der Waals surface area contributed by atoms with Gasteiger partial charge < -0.3 is 10.9 Å². The molecule has 0 aliphatic rings. The normalized spacial score (nSPS) is 9.50. The van der Waals surface area contributed by atoms with Crippen LogP contribution in [0.5, 0.6) is 0 Å². The van der Waals surface area contributed by atoms with E-state index in [1.807, 2.05) is 0 Å². The zero-order valence-corrected chi connectivity index (χ0v) is 3.85. The van der Waals surface area contributed by atoms with E-state index in [2.05, 4.69) is 10.3 Å². The summed E-state index contributed by atoms with van der Waals surface area (Å²) >= 11 is 0. The largest absolute Gasteiger partial charge is 0.671 e. The van der Waals surface area contributed by atoms with Crippen LogP contribution in [0.2, 0.25) is 0 Å². The van der Waals surface area contributed by atoms with Crippen molar-refractivity contribution in [2.75, 3.05) is 11.6 Å². The number of nitrogen functional groups attached to an aromatic ring is 2. The van der Waals surface area contributed by atoms with Crippen LogP contribution in [-0.2, 0) is 0 Å². The van der Waals surface area contributed by atoms with Crippen LogP contribution >= 0.6 is 0 Å². The number of tetrazole rings is 1. The first-order valence-corrected chi connectivity index (χ1v) is 1.78. The van der Waals surface area contributed by atoms with Gasteiger partial charge in [0.2, 0.25) is 0 Å². The molecule has 0 fully saturated rings. The Morgan fingerprint density at radius 2 is 2.38 bits per heavy atom. The fourth-order valence-electron chi connectivity index (χ4n) is 0.282. The fraction of sp³-hybridized carbons (Fsp3) is 0. The van der Waals surface area contributed by atoms with Gasteiger partial charge in [-0.05, 0) is 4.96 Å². The Balaban J connectivity index is 3.14. The highest BCUT2D eigenvalue weighted by Gasteiger charge is 2.03. The van der Waals surface area contributed by atoms with Crippen molar-refractivity contribution in [1.29, 1.82) is 0 Å². The molecular weight excluding hydrogens is 112 g/mol. The Labute approximate surface area is 44.0 Å². The third kappa shape index (κ3) is 0.491. The van der Waals surface area contributed by atoms with Crippen molar-refractivity contribution in [2.45, 2.75) is 0 Å². The Morgan fingerprint density at radius 3 is 2.50 bits per heavy atom. The molecule has 7 heteroatoms. The molecule has 0 spiro atoms. The molecule has 0 atom stereocenters. The van der Waals surface area contributed by atoms with Crippen molar-refractivity contribution < 1.29 is 4.96 Å². The van der Waals surface area contributed by atoms with Crippen LogP contribution in [0.3, 0.4) is 0 Å². The van der Waals surface area contributed by atoms with Crippen molar-refractivity contribution in [1.82, 2.24) is 15.1 Å². The maximum Gasteiger partial charge on any atom is 0.377 e. The average molecular weight is 116 g/mol. The third-order valence-electron chi connectivity index (χ3n) is 0.596. The number of rotatable bonds is 0. The van der Waals surface area contributed by atoms with Gasteiger partial charge in [0.15, 0.2) is 0 Å². The van der Waals surface area contributed by atoms with Crippen molar-refractivity contribution in [2.24, 2.45) is 0 Å². The molecule has 7 nitrogen and oxygen atoms in total. The van der Waals surface area contributed by atoms with Crippen molar-refractivity contribution >= 4 is 5.95 Å². The lowest BCUT2D eigenvalue weighted by Gasteiger charge is -1.78. The van der Waals surface area contributed by atoms with E-state index in [1.54, 1.807) is 0 Å². The van der Waals surface area contributed by atoms with Crippen LogP contribution < -0.4 is 16.5 Å². The maximum atomic E-state index is 10.0. The van der Waals surface area contributed by atoms with Crippen molar-refractivity contribution in [3.05, 3.63) is 5.21 Å². The van der Waals surface area contributed by atoms with E-state index in [9.17, 15) is 5.21 Å². The van der Waals surface area contributed by atoms with Gasteiger partial charge in [-0.1, -0.05) is 0 Å². The summed E-state index contributed by atoms with van der Waals surface area (Å²) in [5, 5.41) is 16.1. The number of nitrogens with two attached hydrogens (primary N) is 2. The Hall–Kier alpha value is -1.53. The van der Waals surface area contributed by atoms with E-state index in [1.165, 1.54) is 0 Å². The zero-order chi connectivity index (χ0) is 6.15. The highest BCUT2D eigenvalue weighted by molar-refractivity contribution is 5.08. The van der Waals surface area contributed by atoms with Gasteiger partial charge in [-0.2, -0.15) is 0 Å². The monoisotopic (exact) mass is 116 g/mol. The minimum Gasteiger partial charge on any atom is -0.671 e. The average Bonchev–Trinajstić information content (AvgIpc) is 1.85. The minimum atomic E-state index is -0.111. The van der Waals surface area contributed by atoms with Crippen LogP contribution in [0.25, 0.3) is 0 Å². The number of hydrogen-bond donors (Lipinski definition) is 2. The summed E-state index contributed by atoms with van der Waals surface area (Å²) < 4.78 is 0. The Kier molecular flexibility index (Phi) is 0.705. The van der Waals surface area contributed by atoms with E-state index >= 15 is 0 Å². The van der Waals surface area contributed by atoms with Gasteiger partial charge in [0, 0.05) is 9.89 Å². The van der Waals surface area contributed by atoms with E-state index < -0.39 is 0 Å². The molecule has 0 aliphatic carbocycles. The second-order valence-electron chi connectivity index (χ2n) is 1.14. The summed E-state index contributed by atoms with van der Waals surface area (Å²) in [5.41, 5.74) is 4.98. The van der Waals surface area contributed by atoms with Gasteiger partial charge >= 0.3 is 5.95 Å². The first-order chi connectivity index (χ1) is 3.70. The number of nitrogens with zero attached hydrogens (tertiary/aromatic N) is 4. The van der Waals surface area contributed by atoms with E-state index in [4.69, 9.17) is 11.6 Å². The highest BCUT2D eigenvalue weighted by Crippen LogP contribution is 1.77. The van der Waals surface area contributed by atoms with E-state index in [0.29, 0.717) is 4.79 Å². The molecule has 0 amide bonds. The van der Waals surface area contributed by atoms with Crippen LogP contribution in [-0.4, -0.2) is 15.1 Å². The van der Waals surface area contributed by atoms with Crippen LogP contribution in [0.15, 0.2) is 0 Å². The Bertz CT molecular complexity index is 171. The highest BCUT2D eigenvalue weighted by atomic mass is 16.5. The summed E-state index contributed by atoms with van der Waals surface area (Å²) in [5.74, 6) is 4.83. The second kappa shape index (κ2) is 1.22. The van der Waals surface area contributed by atoms with Crippen molar-refractivity contribution in [3.63, 3.8) is 0 Å². The van der Waals surface area contributed by atoms with E-state index in [0.717, 1.165) is 0 Å². The molecule has 1 heterocycles. The van der Waals surface area contributed by atoms with Crippen LogP contribution in [0.1, 0.15) is 0 Å². The van der Waals surface area contributed by atoms with Gasteiger partial charge in [-0.3, -0.25) is 0 Å². The lowest BCUT2D eigenvalue weighted by Crippen LogP contribution is -2.33. The SMILES string of the molecule is Nc1n[n+]([O-])nn1N. The molecule has 0 saturated heterocycles. The number of anilines is 1. The smallest absolute Gasteiger partial charge is 0.377 e. The predicted octanol–water partition coefficient (Wildman–Crippen LogP) is -2.79. The van der Waals surface area contributed by atoms with Gasteiger partial charge in [0.25, 0.3) is 0 Å². The summed E-state index contributed by atoms with van der Waals surface area (Å²) in [6.45, 7) is 0. The predicted molar refractivity (Wildman–Crippen MR) is 23.5 cm³/mol. The topological polar surface area (TPSA) is 110 Å². The lowest BCUT2D eigenvalue weighted by atomic mass is 11.1. The summed E-state index contributed by atoms with van der Waals surface area (Å²) in [4.78, 5) is 0.725. The molecule has 1 aromatic rings. The zero-order valence-electron chi connectivity index (χ0n) is 3.85. The summed E-state index contributed by atoms with van der Waals surface area (Å²) in [6.07, 6.45) is 0. The molecule has 0 unspecified atom stereocenters. The van der Waals surface area contributed by atoms with Crippen LogP contribution in [0.4, 0.5) is 5.95 Å². The van der Waals surface area contributed by atoms with Gasteiger partial charge in [0.1, 0.15) is 5.21 Å². The standard InChI is InChI=1S/CH4N6O/c2-1-4-7(8)5-6(1)3/h3H2,(H2,2,4,5). The quantitative estimate of drug-likeness (QED) is 0.216. The molecule has 0 saturated carbocycles. The van der Waals surface area contributed by atoms with Gasteiger partial charge in [-0.25, -0.2) is 5.84 Å². The first kappa shape index (κ1) is 4.62. The molecule has 44 valence electrons. The third-order valence-corrected chi connectivity index (χ3v) is 0.596. The van der Waals surface area contributed by atoms with E-state index in [-0.39, 0.29) is 10.9 Å². The summed E-state index contributed by atoms with van der Waals surface area (Å²) in [6, 6.07) is 0. The van der Waals surface area contributed by atoms with Gasteiger partial charge in [0.05, 0.1) is 0 Å². The molecule has 0 aliphatic heterocycles. The molecule has 1 aromatic heterocycles. The maximum absolute atomic E-state index is 10.0. The molecular formula is CH4N6O. The van der Waals surface area contributed by atoms with Gasteiger partial charge in [-0.15, -0.1) is 0 Å². The molecule has 0 bridgehead atoms. The second-order valence-corrected chi connectivity index (χ2v) is 1.14. The number of hydrogen-bond acceptors (Lipinski definition) is 5.